The van der Waals surface area contributed by atoms with Gasteiger partial charge in [0.1, 0.15) is 0 Å². The minimum absolute atomic E-state index is 0.0930. The van der Waals surface area contributed by atoms with Crippen molar-refractivity contribution >= 4 is 22.9 Å². The van der Waals surface area contributed by atoms with Gasteiger partial charge in [0.05, 0.1) is 19.0 Å². The van der Waals surface area contributed by atoms with E-state index in [2.05, 4.69) is 25.6 Å². The summed E-state index contributed by atoms with van der Waals surface area (Å²) < 4.78 is 7.10. The second-order valence-electron chi connectivity index (χ2n) is 7.41. The molecule has 4 N–H and O–H groups in total. The third-order valence-electron chi connectivity index (χ3n) is 4.57. The second kappa shape index (κ2) is 8.52. The van der Waals surface area contributed by atoms with Crippen LogP contribution >= 0.6 is 0 Å². The number of aromatic hydroxyl groups is 1. The van der Waals surface area contributed by atoms with Crippen LogP contribution in [-0.2, 0) is 13.1 Å². The molecule has 29 heavy (non-hydrogen) atoms. The lowest BCUT2D eigenvalue weighted by molar-refractivity contribution is 0.0748. The molecule has 0 saturated heterocycles. The van der Waals surface area contributed by atoms with Crippen LogP contribution in [-0.4, -0.2) is 49.0 Å². The maximum absolute atomic E-state index is 10.3. The van der Waals surface area contributed by atoms with E-state index in [0.717, 1.165) is 6.54 Å². The molecule has 0 bridgehead atoms. The number of imidazole rings is 1. The highest BCUT2D eigenvalue weighted by Gasteiger charge is 2.16. The maximum atomic E-state index is 10.3. The van der Waals surface area contributed by atoms with E-state index in [1.165, 1.54) is 7.11 Å². The number of phenols is 1. The molecule has 0 aliphatic carbocycles. The van der Waals surface area contributed by atoms with Crippen LogP contribution < -0.4 is 15.4 Å². The number of hydrogen-bond acceptors (Lipinski definition) is 8. The highest BCUT2D eigenvalue weighted by atomic mass is 16.5. The number of phenolic OH excluding ortho intramolecular Hbond substituents is 1. The molecule has 2 aromatic heterocycles. The number of fused-ring (bicyclic) bond motifs is 1. The fourth-order valence-electron chi connectivity index (χ4n) is 2.91. The Morgan fingerprint density at radius 2 is 2.00 bits per heavy atom. The number of nitrogens with zero attached hydrogens (tertiary/aromatic N) is 4. The first-order chi connectivity index (χ1) is 13.8. The lowest BCUT2D eigenvalue weighted by Gasteiger charge is -2.17. The van der Waals surface area contributed by atoms with Crippen molar-refractivity contribution in [1.29, 1.82) is 0 Å². The summed E-state index contributed by atoms with van der Waals surface area (Å²) >= 11 is 0. The van der Waals surface area contributed by atoms with Crippen molar-refractivity contribution in [2.24, 2.45) is 0 Å². The topological polar surface area (TPSA) is 117 Å². The van der Waals surface area contributed by atoms with E-state index in [0.29, 0.717) is 53.8 Å². The molecule has 0 unspecified atom stereocenters. The zero-order valence-electron chi connectivity index (χ0n) is 17.2. The monoisotopic (exact) mass is 400 g/mol. The summed E-state index contributed by atoms with van der Waals surface area (Å²) in [5.74, 6) is 1.53. The average Bonchev–Trinajstić information content (AvgIpc) is 3.09. The van der Waals surface area contributed by atoms with Gasteiger partial charge in [-0.25, -0.2) is 4.98 Å². The summed E-state index contributed by atoms with van der Waals surface area (Å²) in [6.07, 6.45) is 2.29. The van der Waals surface area contributed by atoms with Crippen LogP contribution in [0.3, 0.4) is 0 Å². The van der Waals surface area contributed by atoms with Gasteiger partial charge in [-0.15, -0.1) is 0 Å². The normalized spacial score (nSPS) is 11.6. The predicted molar refractivity (Wildman–Crippen MR) is 112 cm³/mol. The van der Waals surface area contributed by atoms with Crippen LogP contribution in [0.4, 0.5) is 11.8 Å². The van der Waals surface area contributed by atoms with Gasteiger partial charge in [0.15, 0.2) is 28.5 Å². The van der Waals surface area contributed by atoms with Crippen molar-refractivity contribution in [2.75, 3.05) is 24.3 Å². The van der Waals surface area contributed by atoms with Gasteiger partial charge in [-0.3, -0.25) is 0 Å². The highest BCUT2D eigenvalue weighted by molar-refractivity contribution is 5.84. The maximum Gasteiger partial charge on any atom is 0.226 e. The Bertz CT molecular complexity index is 980. The van der Waals surface area contributed by atoms with E-state index >= 15 is 0 Å². The quantitative estimate of drug-likeness (QED) is 0.433. The zero-order chi connectivity index (χ0) is 21.0. The number of aliphatic hydroxyl groups is 1. The molecule has 0 spiro atoms. The average molecular weight is 400 g/mol. The molecule has 0 aliphatic heterocycles. The van der Waals surface area contributed by atoms with Gasteiger partial charge in [0.25, 0.3) is 0 Å². The molecular weight excluding hydrogens is 372 g/mol. The van der Waals surface area contributed by atoms with Crippen molar-refractivity contribution < 1.29 is 14.9 Å². The summed E-state index contributed by atoms with van der Waals surface area (Å²) in [5, 5.41) is 26.6. The van der Waals surface area contributed by atoms with E-state index in [1.807, 2.05) is 23.6 Å². The molecule has 0 saturated carbocycles. The van der Waals surface area contributed by atoms with Gasteiger partial charge in [-0.05, 0) is 33.3 Å². The van der Waals surface area contributed by atoms with Gasteiger partial charge < -0.3 is 30.2 Å². The smallest absolute Gasteiger partial charge is 0.226 e. The number of aryl methyl sites for hydroxylation is 1. The molecule has 1 aromatic carbocycles. The SMILES string of the molecule is CCn1cnc2c(NCc3cccc(OC)c3O)nc(NCCC(C)(C)O)nc21. The van der Waals surface area contributed by atoms with Gasteiger partial charge in [-0.2, -0.15) is 9.97 Å². The number of nitrogens with one attached hydrogen (secondary N) is 2. The molecule has 9 nitrogen and oxygen atoms in total. The minimum Gasteiger partial charge on any atom is -0.504 e. The number of rotatable bonds is 9. The summed E-state index contributed by atoms with van der Waals surface area (Å²) in [6.45, 7) is 7.15. The molecule has 2 heterocycles. The molecule has 3 rings (SSSR count). The molecule has 0 atom stereocenters. The molecule has 156 valence electrons. The molecule has 0 radical (unpaired) electrons. The fraction of sp³-hybridized carbons (Fsp3) is 0.450. The standard InChI is InChI=1S/C20H28N6O3/c1-5-26-12-23-15-17(22-11-13-7-6-8-14(29-4)16(13)27)24-19(25-18(15)26)21-10-9-20(2,3)28/h6-8,12,27-28H,5,9-11H2,1-4H3,(H2,21,22,24,25). The molecular formula is C20H28N6O3. The van der Waals surface area contributed by atoms with Crippen molar-refractivity contribution in [2.45, 2.75) is 45.9 Å². The third-order valence-corrected chi connectivity index (χ3v) is 4.57. The van der Waals surface area contributed by atoms with Crippen LogP contribution in [0.2, 0.25) is 0 Å². The van der Waals surface area contributed by atoms with Crippen LogP contribution in [0, 0.1) is 0 Å². The van der Waals surface area contributed by atoms with E-state index in [4.69, 9.17) is 4.74 Å². The van der Waals surface area contributed by atoms with Crippen molar-refractivity contribution in [1.82, 2.24) is 19.5 Å². The summed E-state index contributed by atoms with van der Waals surface area (Å²) in [5.41, 5.74) is 1.28. The summed E-state index contributed by atoms with van der Waals surface area (Å²) in [6, 6.07) is 5.34. The zero-order valence-corrected chi connectivity index (χ0v) is 17.2. The van der Waals surface area contributed by atoms with E-state index < -0.39 is 5.60 Å². The first-order valence-corrected chi connectivity index (χ1v) is 9.60. The number of para-hydroxylation sites is 1. The Balaban J connectivity index is 1.86. The summed E-state index contributed by atoms with van der Waals surface area (Å²) in [4.78, 5) is 13.6. The van der Waals surface area contributed by atoms with Crippen LogP contribution in [0.5, 0.6) is 11.5 Å². The molecule has 9 heteroatoms. The molecule has 3 aromatic rings. The number of ether oxygens (including phenoxy) is 1. The van der Waals surface area contributed by atoms with Gasteiger partial charge >= 0.3 is 0 Å². The largest absolute Gasteiger partial charge is 0.504 e. The number of hydrogen-bond donors (Lipinski definition) is 4. The lowest BCUT2D eigenvalue weighted by Crippen LogP contribution is -2.23. The molecule has 0 fully saturated rings. The Hall–Kier alpha value is -3.07. The number of benzene rings is 1. The lowest BCUT2D eigenvalue weighted by atomic mass is 10.1. The van der Waals surface area contributed by atoms with E-state index in [-0.39, 0.29) is 5.75 Å². The Morgan fingerprint density at radius 1 is 1.21 bits per heavy atom. The second-order valence-corrected chi connectivity index (χ2v) is 7.41. The molecule has 0 amide bonds. The van der Waals surface area contributed by atoms with Crippen molar-refractivity contribution in [3.63, 3.8) is 0 Å². The fourth-order valence-corrected chi connectivity index (χ4v) is 2.91. The number of aromatic nitrogens is 4. The Morgan fingerprint density at radius 3 is 2.69 bits per heavy atom. The van der Waals surface area contributed by atoms with Crippen molar-refractivity contribution in [3.05, 3.63) is 30.1 Å². The predicted octanol–water partition coefficient (Wildman–Crippen LogP) is 2.75. The van der Waals surface area contributed by atoms with Gasteiger partial charge in [0.2, 0.25) is 5.95 Å². The van der Waals surface area contributed by atoms with Crippen LogP contribution in [0.25, 0.3) is 11.2 Å². The highest BCUT2D eigenvalue weighted by Crippen LogP contribution is 2.30. The molecule has 0 aliphatic rings. The van der Waals surface area contributed by atoms with E-state index in [1.54, 1.807) is 26.2 Å². The Labute approximate surface area is 169 Å². The Kier molecular flexibility index (Phi) is 6.07. The van der Waals surface area contributed by atoms with Gasteiger partial charge in [0, 0.05) is 25.2 Å². The minimum atomic E-state index is -0.771. The third kappa shape index (κ3) is 4.86. The van der Waals surface area contributed by atoms with Crippen LogP contribution in [0.1, 0.15) is 32.8 Å². The van der Waals surface area contributed by atoms with Crippen molar-refractivity contribution in [3.8, 4) is 11.5 Å². The first-order valence-electron chi connectivity index (χ1n) is 9.60. The first kappa shape index (κ1) is 20.7. The van der Waals surface area contributed by atoms with Crippen LogP contribution in [0.15, 0.2) is 24.5 Å². The number of methoxy groups -OCH3 is 1. The summed E-state index contributed by atoms with van der Waals surface area (Å²) in [7, 11) is 1.52. The number of anilines is 2. The van der Waals surface area contributed by atoms with E-state index in [9.17, 15) is 10.2 Å². The van der Waals surface area contributed by atoms with Gasteiger partial charge in [-0.1, -0.05) is 12.1 Å².